The predicted octanol–water partition coefficient (Wildman–Crippen LogP) is 3.43. The summed E-state index contributed by atoms with van der Waals surface area (Å²) in [5.74, 6) is 0.728. The Morgan fingerprint density at radius 2 is 1.89 bits per heavy atom. The molecule has 0 aliphatic carbocycles. The minimum absolute atomic E-state index is 0.0838. The van der Waals surface area contributed by atoms with Gasteiger partial charge < -0.3 is 19.5 Å². The van der Waals surface area contributed by atoms with E-state index in [0.29, 0.717) is 30.3 Å². The zero-order valence-electron chi connectivity index (χ0n) is 16.4. The Morgan fingerprint density at radius 3 is 2.54 bits per heavy atom. The minimum atomic E-state index is -0.497. The Balaban J connectivity index is 2.13. The lowest BCUT2D eigenvalue weighted by Crippen LogP contribution is -2.26. The van der Waals surface area contributed by atoms with E-state index >= 15 is 0 Å². The van der Waals surface area contributed by atoms with Gasteiger partial charge in [0.2, 0.25) is 0 Å². The minimum Gasteiger partial charge on any atom is -0.493 e. The topological polar surface area (TPSA) is 99.9 Å². The van der Waals surface area contributed by atoms with Gasteiger partial charge in [0.15, 0.2) is 11.5 Å². The molecule has 0 saturated heterocycles. The average Bonchev–Trinajstić information content (AvgIpc) is 2.68. The summed E-state index contributed by atoms with van der Waals surface area (Å²) in [6, 6.07) is 9.45. The predicted molar refractivity (Wildman–Crippen MR) is 104 cm³/mol. The maximum absolute atomic E-state index is 12.5. The van der Waals surface area contributed by atoms with Crippen molar-refractivity contribution in [2.24, 2.45) is 0 Å². The SMILES string of the molecule is COCCOc1ccc([C@H](C)NC(=O)c2ccc(C)c([N+](=O)[O-])c2)cc1OC. The van der Waals surface area contributed by atoms with Crippen LogP contribution in [0.5, 0.6) is 11.5 Å². The van der Waals surface area contributed by atoms with Crippen LogP contribution in [0.1, 0.15) is 34.5 Å². The lowest BCUT2D eigenvalue weighted by molar-refractivity contribution is -0.385. The largest absolute Gasteiger partial charge is 0.493 e. The molecule has 0 aromatic heterocycles. The Labute approximate surface area is 163 Å². The number of aryl methyl sites for hydroxylation is 1. The standard InChI is InChI=1S/C20H24N2O6/c1-13-5-6-16(11-17(13)22(24)25)20(23)21-14(2)15-7-8-18(19(12-15)27-4)28-10-9-26-3/h5-8,11-12,14H,9-10H2,1-4H3,(H,21,23)/t14-/m0/s1. The number of benzene rings is 2. The van der Waals surface area contributed by atoms with Crippen molar-refractivity contribution in [1.82, 2.24) is 5.32 Å². The lowest BCUT2D eigenvalue weighted by Gasteiger charge is -2.17. The van der Waals surface area contributed by atoms with E-state index in [1.54, 1.807) is 38.3 Å². The molecule has 28 heavy (non-hydrogen) atoms. The number of nitrogens with one attached hydrogen (secondary N) is 1. The summed E-state index contributed by atoms with van der Waals surface area (Å²) in [5, 5.41) is 13.9. The van der Waals surface area contributed by atoms with Gasteiger partial charge in [0.25, 0.3) is 11.6 Å². The summed E-state index contributed by atoms with van der Waals surface area (Å²) in [6.45, 7) is 4.30. The summed E-state index contributed by atoms with van der Waals surface area (Å²) >= 11 is 0. The van der Waals surface area contributed by atoms with Crippen molar-refractivity contribution in [3.63, 3.8) is 0 Å². The first-order valence-corrected chi connectivity index (χ1v) is 8.73. The molecule has 0 aliphatic heterocycles. The molecule has 0 radical (unpaired) electrons. The maximum atomic E-state index is 12.5. The van der Waals surface area contributed by atoms with Crippen molar-refractivity contribution < 1.29 is 23.9 Å². The van der Waals surface area contributed by atoms with Crippen molar-refractivity contribution in [2.75, 3.05) is 27.4 Å². The van der Waals surface area contributed by atoms with Crippen LogP contribution in [0.3, 0.4) is 0 Å². The molecular formula is C20H24N2O6. The molecular weight excluding hydrogens is 364 g/mol. The summed E-state index contributed by atoms with van der Waals surface area (Å²) in [6.07, 6.45) is 0. The second-order valence-electron chi connectivity index (χ2n) is 6.21. The van der Waals surface area contributed by atoms with Crippen molar-refractivity contribution >= 4 is 11.6 Å². The van der Waals surface area contributed by atoms with Gasteiger partial charge in [-0.3, -0.25) is 14.9 Å². The van der Waals surface area contributed by atoms with Crippen molar-refractivity contribution in [1.29, 1.82) is 0 Å². The summed E-state index contributed by atoms with van der Waals surface area (Å²) in [7, 11) is 3.13. The van der Waals surface area contributed by atoms with Crippen LogP contribution in [0.2, 0.25) is 0 Å². The molecule has 1 amide bonds. The molecule has 150 valence electrons. The number of amides is 1. The number of nitrogens with zero attached hydrogens (tertiary/aromatic N) is 1. The first-order valence-electron chi connectivity index (χ1n) is 8.73. The number of nitro groups is 1. The summed E-state index contributed by atoms with van der Waals surface area (Å²) in [4.78, 5) is 23.1. The number of methoxy groups -OCH3 is 2. The van der Waals surface area contributed by atoms with Crippen LogP contribution in [-0.4, -0.2) is 38.3 Å². The van der Waals surface area contributed by atoms with Crippen molar-refractivity contribution in [2.45, 2.75) is 19.9 Å². The third kappa shape index (κ3) is 5.20. The van der Waals surface area contributed by atoms with Crippen LogP contribution in [0.15, 0.2) is 36.4 Å². The van der Waals surface area contributed by atoms with Gasteiger partial charge in [-0.25, -0.2) is 0 Å². The van der Waals surface area contributed by atoms with Crippen LogP contribution in [-0.2, 0) is 4.74 Å². The van der Waals surface area contributed by atoms with Gasteiger partial charge >= 0.3 is 0 Å². The Kier molecular flexibility index (Phi) is 7.34. The Hall–Kier alpha value is -3.13. The fraction of sp³-hybridized carbons (Fsp3) is 0.350. The molecule has 0 fully saturated rings. The molecule has 1 atom stereocenters. The molecule has 8 nitrogen and oxygen atoms in total. The molecule has 0 unspecified atom stereocenters. The highest BCUT2D eigenvalue weighted by Gasteiger charge is 2.18. The van der Waals surface area contributed by atoms with E-state index in [2.05, 4.69) is 5.32 Å². The summed E-state index contributed by atoms with van der Waals surface area (Å²) < 4.78 is 15.9. The van der Waals surface area contributed by atoms with E-state index in [1.165, 1.54) is 13.2 Å². The number of carbonyl (C=O) groups is 1. The van der Waals surface area contributed by atoms with E-state index in [1.807, 2.05) is 13.0 Å². The quantitative estimate of drug-likeness (QED) is 0.401. The van der Waals surface area contributed by atoms with E-state index < -0.39 is 10.8 Å². The van der Waals surface area contributed by atoms with Crippen molar-refractivity contribution in [3.8, 4) is 11.5 Å². The van der Waals surface area contributed by atoms with Crippen LogP contribution >= 0.6 is 0 Å². The zero-order valence-corrected chi connectivity index (χ0v) is 16.4. The number of rotatable bonds is 9. The number of carbonyl (C=O) groups excluding carboxylic acids is 1. The highest BCUT2D eigenvalue weighted by Crippen LogP contribution is 2.30. The molecule has 0 aliphatic rings. The zero-order chi connectivity index (χ0) is 20.7. The molecule has 0 bridgehead atoms. The molecule has 2 aromatic rings. The monoisotopic (exact) mass is 388 g/mol. The van der Waals surface area contributed by atoms with Gasteiger partial charge in [0.1, 0.15) is 6.61 Å². The van der Waals surface area contributed by atoms with Gasteiger partial charge in [0.05, 0.1) is 24.7 Å². The first-order chi connectivity index (χ1) is 13.4. The Bertz CT molecular complexity index is 853. The number of hydrogen-bond acceptors (Lipinski definition) is 6. The first kappa shape index (κ1) is 21.2. The van der Waals surface area contributed by atoms with E-state index in [-0.39, 0.29) is 17.3 Å². The molecule has 0 heterocycles. The van der Waals surface area contributed by atoms with E-state index in [4.69, 9.17) is 14.2 Å². The fourth-order valence-electron chi connectivity index (χ4n) is 2.62. The molecule has 2 rings (SSSR count). The number of ether oxygens (including phenoxy) is 3. The van der Waals surface area contributed by atoms with E-state index in [0.717, 1.165) is 5.56 Å². The van der Waals surface area contributed by atoms with Gasteiger partial charge in [-0.1, -0.05) is 12.1 Å². The van der Waals surface area contributed by atoms with E-state index in [9.17, 15) is 14.9 Å². The molecule has 8 heteroatoms. The molecule has 1 N–H and O–H groups in total. The van der Waals surface area contributed by atoms with Crippen molar-refractivity contribution in [3.05, 3.63) is 63.2 Å². The second kappa shape index (κ2) is 9.70. The number of nitro benzene ring substituents is 1. The van der Waals surface area contributed by atoms with Gasteiger partial charge in [-0.15, -0.1) is 0 Å². The third-order valence-electron chi connectivity index (χ3n) is 4.25. The highest BCUT2D eigenvalue weighted by molar-refractivity contribution is 5.95. The fourth-order valence-corrected chi connectivity index (χ4v) is 2.62. The molecule has 0 spiro atoms. The third-order valence-corrected chi connectivity index (χ3v) is 4.25. The van der Waals surface area contributed by atoms with Crippen LogP contribution in [0.25, 0.3) is 0 Å². The van der Waals surface area contributed by atoms with Gasteiger partial charge in [-0.05, 0) is 37.6 Å². The summed E-state index contributed by atoms with van der Waals surface area (Å²) in [5.41, 5.74) is 1.46. The Morgan fingerprint density at radius 1 is 1.14 bits per heavy atom. The molecule has 0 saturated carbocycles. The second-order valence-corrected chi connectivity index (χ2v) is 6.21. The van der Waals surface area contributed by atoms with Crippen LogP contribution < -0.4 is 14.8 Å². The average molecular weight is 388 g/mol. The molecule has 2 aromatic carbocycles. The lowest BCUT2D eigenvalue weighted by atomic mass is 10.1. The highest BCUT2D eigenvalue weighted by atomic mass is 16.6. The normalized spacial score (nSPS) is 11.6. The van der Waals surface area contributed by atoms with Gasteiger partial charge in [-0.2, -0.15) is 0 Å². The van der Waals surface area contributed by atoms with Gasteiger partial charge in [0, 0.05) is 24.3 Å². The smallest absolute Gasteiger partial charge is 0.273 e. The maximum Gasteiger partial charge on any atom is 0.273 e. The van der Waals surface area contributed by atoms with Crippen LogP contribution in [0.4, 0.5) is 5.69 Å². The van der Waals surface area contributed by atoms with Crippen LogP contribution in [0, 0.1) is 17.0 Å². The number of hydrogen-bond donors (Lipinski definition) is 1.